The molecule has 0 aliphatic carbocycles. The Balaban J connectivity index is 0. The molecule has 3 aromatic carbocycles. The minimum atomic E-state index is 0. The third kappa shape index (κ3) is 14.4. The molecule has 0 fully saturated rings. The van der Waals surface area contributed by atoms with Gasteiger partial charge in [0.1, 0.15) is 0 Å². The second-order valence-electron chi connectivity index (χ2n) is 4.46. The van der Waals surface area contributed by atoms with Crippen molar-refractivity contribution in [2.24, 2.45) is 0 Å². The Hall–Kier alpha value is -0.964. The fourth-order valence-corrected chi connectivity index (χ4v) is 1.43. The number of rotatable bonds is 0. The molecule has 3 aromatic rings. The quantitative estimate of drug-likeness (QED) is 0.387. The topological polar surface area (TPSA) is 0 Å². The van der Waals surface area contributed by atoms with Crippen molar-refractivity contribution in [2.75, 3.05) is 0 Å². The first-order chi connectivity index (χ1) is 10.2. The van der Waals surface area contributed by atoms with Crippen molar-refractivity contribution >= 4 is 0 Å². The normalized spacial score (nSPS) is 7.83. The smallest absolute Gasteiger partial charge is 0.199 e. The second-order valence-corrected chi connectivity index (χ2v) is 4.46. The van der Waals surface area contributed by atoms with E-state index in [-0.39, 0.29) is 52.4 Å². The van der Waals surface area contributed by atoms with Crippen molar-refractivity contribution in [3.05, 3.63) is 128 Å². The van der Waals surface area contributed by atoms with E-state index in [1.54, 1.807) is 0 Å². The number of benzene rings is 3. The minimum Gasteiger partial charge on any atom is -0.199 e. The van der Waals surface area contributed by atoms with E-state index in [1.165, 1.54) is 0 Å². The number of hydrogen-bond acceptors (Lipinski definition) is 0. The van der Waals surface area contributed by atoms with Gasteiger partial charge in [-0.1, -0.05) is 18.2 Å². The van der Waals surface area contributed by atoms with Crippen molar-refractivity contribution in [3.63, 3.8) is 0 Å². The first-order valence-electron chi connectivity index (χ1n) is 6.79. The summed E-state index contributed by atoms with van der Waals surface area (Å²) in [5.74, 6) is 0. The van der Waals surface area contributed by atoms with Crippen molar-refractivity contribution in [1.29, 1.82) is 0 Å². The van der Waals surface area contributed by atoms with Crippen LogP contribution in [0.4, 0.5) is 0 Å². The molecule has 1 radical (unpaired) electrons. The van der Waals surface area contributed by atoms with E-state index in [9.17, 15) is 0 Å². The van der Waals surface area contributed by atoms with Crippen LogP contribution in [0.25, 0.3) is 0 Å². The molecule has 2 heteroatoms. The van der Waals surface area contributed by atoms with Gasteiger partial charge in [0, 0.05) is 26.2 Å². The Labute approximate surface area is 179 Å². The van der Waals surface area contributed by atoms with Crippen LogP contribution >= 0.6 is 0 Å². The van der Waals surface area contributed by atoms with Crippen LogP contribution < -0.4 is 0 Å². The maximum Gasteiger partial charge on any atom is 3.00 e. The summed E-state index contributed by atoms with van der Waals surface area (Å²) in [6, 6.07) is 29.6. The summed E-state index contributed by atoms with van der Waals surface area (Å²) in [6.45, 7) is 11.2. The fourth-order valence-electron chi connectivity index (χ4n) is 1.43. The van der Waals surface area contributed by atoms with E-state index in [0.29, 0.717) is 0 Å². The summed E-state index contributed by atoms with van der Waals surface area (Å²) in [6.07, 6.45) is 0. The van der Waals surface area contributed by atoms with Crippen LogP contribution in [0.1, 0.15) is 16.7 Å². The van der Waals surface area contributed by atoms with Crippen LogP contribution in [0.2, 0.25) is 0 Å². The predicted molar refractivity (Wildman–Crippen MR) is 92.7 cm³/mol. The monoisotopic (exact) mass is 453 g/mol. The van der Waals surface area contributed by atoms with Gasteiger partial charge in [-0.25, -0.2) is 0 Å². The van der Waals surface area contributed by atoms with Crippen molar-refractivity contribution in [1.82, 2.24) is 0 Å². The third-order valence-electron chi connectivity index (χ3n) is 2.53. The number of hydrogen-bond donors (Lipinski definition) is 0. The molecule has 0 heterocycles. The summed E-state index contributed by atoms with van der Waals surface area (Å²) in [4.78, 5) is 0. The second kappa shape index (κ2) is 15.9. The van der Waals surface area contributed by atoms with E-state index in [0.717, 1.165) is 16.7 Å². The van der Waals surface area contributed by atoms with Gasteiger partial charge in [-0.15, -0.1) is 36.4 Å². The molecule has 0 nitrogen and oxygen atoms in total. The zero-order chi connectivity index (χ0) is 15.3. The molecule has 0 saturated heterocycles. The Morgan fingerprint density at radius 2 is 0.565 bits per heavy atom. The average molecular weight is 456 g/mol. The van der Waals surface area contributed by atoms with Crippen molar-refractivity contribution in [3.8, 4) is 0 Å². The summed E-state index contributed by atoms with van der Waals surface area (Å²) < 4.78 is 0. The molecule has 0 saturated carbocycles. The van der Waals surface area contributed by atoms with E-state index >= 15 is 0 Å². The molecular weight excluding hydrogens is 435 g/mol. The van der Waals surface area contributed by atoms with Crippen molar-refractivity contribution in [2.45, 2.75) is 0 Å². The van der Waals surface area contributed by atoms with Gasteiger partial charge in [0.05, 0.1) is 0 Å². The van der Waals surface area contributed by atoms with Crippen LogP contribution in [0.5, 0.6) is 0 Å². The summed E-state index contributed by atoms with van der Waals surface area (Å²) in [5.41, 5.74) is 3.22. The molecule has 0 N–H and O–H groups in total. The Morgan fingerprint density at radius 3 is 0.652 bits per heavy atom. The Bertz CT molecular complexity index is 489. The van der Waals surface area contributed by atoms with Crippen LogP contribution in [0.3, 0.4) is 0 Å². The van der Waals surface area contributed by atoms with E-state index < -0.39 is 0 Å². The summed E-state index contributed by atoms with van der Waals surface area (Å²) in [5, 5.41) is 0. The third-order valence-corrected chi connectivity index (χ3v) is 2.53. The summed E-state index contributed by atoms with van der Waals surface area (Å²) in [7, 11) is 0. The van der Waals surface area contributed by atoms with Crippen LogP contribution in [-0.2, 0) is 52.4 Å². The molecule has 0 aliphatic heterocycles. The van der Waals surface area contributed by atoms with Crippen LogP contribution in [0, 0.1) is 20.8 Å². The Morgan fingerprint density at radius 1 is 0.391 bits per heavy atom. The maximum atomic E-state index is 3.72. The van der Waals surface area contributed by atoms with E-state index in [4.69, 9.17) is 0 Å². The van der Waals surface area contributed by atoms with Gasteiger partial charge in [-0.2, -0.15) is 73.9 Å². The fraction of sp³-hybridized carbons (Fsp3) is 0. The maximum absolute atomic E-state index is 3.72. The standard InChI is InChI=1S/3C7H7.2Zr/c3*1-7-5-3-2-4-6-7;;/h3*2-6H,1H2;;/q3*-1;;+3. The molecule has 113 valence electrons. The van der Waals surface area contributed by atoms with Crippen LogP contribution in [-0.4, -0.2) is 0 Å². The molecular formula is C21H21Zr2. The van der Waals surface area contributed by atoms with Gasteiger partial charge in [0.2, 0.25) is 0 Å². The molecule has 0 atom stereocenters. The Kier molecular flexibility index (Phi) is 16.8. The SMILES string of the molecule is [CH2-]c1ccccc1.[CH2-]c1ccccc1.[CH2-]c1ccccc1.[Zr+3].[Zr]. The predicted octanol–water partition coefficient (Wildman–Crippen LogP) is 5.60. The molecule has 0 spiro atoms. The first-order valence-corrected chi connectivity index (χ1v) is 6.79. The van der Waals surface area contributed by atoms with Gasteiger partial charge in [0.15, 0.2) is 0 Å². The molecule has 0 bridgehead atoms. The average Bonchev–Trinajstić information content (AvgIpc) is 2.51. The van der Waals surface area contributed by atoms with Gasteiger partial charge in [-0.3, -0.25) is 0 Å². The molecule has 0 aromatic heterocycles. The largest absolute Gasteiger partial charge is 3.00 e. The zero-order valence-electron chi connectivity index (χ0n) is 13.3. The summed E-state index contributed by atoms with van der Waals surface area (Å²) >= 11 is 0. The van der Waals surface area contributed by atoms with Crippen molar-refractivity contribution < 1.29 is 52.4 Å². The van der Waals surface area contributed by atoms with E-state index in [1.807, 2.05) is 91.0 Å². The zero-order valence-corrected chi connectivity index (χ0v) is 18.2. The van der Waals surface area contributed by atoms with Gasteiger partial charge < -0.3 is 0 Å². The van der Waals surface area contributed by atoms with E-state index in [2.05, 4.69) is 20.8 Å². The molecule has 0 unspecified atom stereocenters. The van der Waals surface area contributed by atoms with Crippen LogP contribution in [0.15, 0.2) is 91.0 Å². The van der Waals surface area contributed by atoms with Gasteiger partial charge >= 0.3 is 26.2 Å². The first kappa shape index (κ1) is 24.3. The van der Waals surface area contributed by atoms with Gasteiger partial charge in [0.25, 0.3) is 0 Å². The minimum absolute atomic E-state index is 0. The van der Waals surface area contributed by atoms with Gasteiger partial charge in [-0.05, 0) is 0 Å². The molecule has 0 aliphatic rings. The molecule has 0 amide bonds. The molecule has 3 rings (SSSR count). The molecule has 23 heavy (non-hydrogen) atoms.